The minimum atomic E-state index is -0.156. The smallest absolute Gasteiger partial charge is 0.0593 e. The quantitative estimate of drug-likeness (QED) is 0.615. The predicted octanol–water partition coefficient (Wildman–Crippen LogP) is 3.92. The van der Waals surface area contributed by atoms with Crippen molar-refractivity contribution in [1.82, 2.24) is 0 Å². The highest BCUT2D eigenvalue weighted by atomic mass is 16.3. The van der Waals surface area contributed by atoms with E-state index in [2.05, 4.69) is 34.3 Å². The zero-order valence-electron chi connectivity index (χ0n) is 10.3. The summed E-state index contributed by atoms with van der Waals surface area (Å²) < 4.78 is 0. The van der Waals surface area contributed by atoms with E-state index in [1.165, 1.54) is 5.57 Å². The van der Waals surface area contributed by atoms with E-state index in [1.807, 2.05) is 0 Å². The third kappa shape index (κ3) is 4.28. The van der Waals surface area contributed by atoms with Crippen molar-refractivity contribution >= 4 is 0 Å². The van der Waals surface area contributed by atoms with Gasteiger partial charge in [-0.05, 0) is 38.0 Å². The van der Waals surface area contributed by atoms with Gasteiger partial charge in [-0.15, -0.1) is 6.58 Å². The Balaban J connectivity index is 4.22. The van der Waals surface area contributed by atoms with Gasteiger partial charge in [0.15, 0.2) is 0 Å². The van der Waals surface area contributed by atoms with Crippen LogP contribution in [0.2, 0.25) is 0 Å². The number of hydrogen-bond acceptors (Lipinski definition) is 1. The molecule has 0 spiro atoms. The Morgan fingerprint density at radius 2 is 2.00 bits per heavy atom. The van der Waals surface area contributed by atoms with Crippen LogP contribution in [-0.2, 0) is 0 Å². The van der Waals surface area contributed by atoms with Crippen LogP contribution in [0.4, 0.5) is 0 Å². The zero-order chi connectivity index (χ0) is 11.2. The summed E-state index contributed by atoms with van der Waals surface area (Å²) in [5.74, 6) is 0. The van der Waals surface area contributed by atoms with Crippen molar-refractivity contribution in [2.45, 2.75) is 65.9 Å². The van der Waals surface area contributed by atoms with Crippen molar-refractivity contribution in [3.63, 3.8) is 0 Å². The molecule has 0 rings (SSSR count). The minimum Gasteiger partial charge on any atom is -0.393 e. The largest absolute Gasteiger partial charge is 0.393 e. The highest BCUT2D eigenvalue weighted by Gasteiger charge is 2.29. The Morgan fingerprint density at radius 3 is 2.36 bits per heavy atom. The average molecular weight is 198 g/mol. The van der Waals surface area contributed by atoms with Crippen LogP contribution in [0.25, 0.3) is 0 Å². The molecule has 0 aromatic heterocycles. The van der Waals surface area contributed by atoms with Gasteiger partial charge in [-0.1, -0.05) is 32.8 Å². The van der Waals surface area contributed by atoms with Crippen molar-refractivity contribution in [3.8, 4) is 0 Å². The number of aliphatic hydroxyl groups excluding tert-OH is 1. The minimum absolute atomic E-state index is 0.0783. The molecule has 14 heavy (non-hydrogen) atoms. The molecule has 0 heterocycles. The fourth-order valence-corrected chi connectivity index (χ4v) is 1.70. The van der Waals surface area contributed by atoms with Crippen LogP contribution in [-0.4, -0.2) is 11.2 Å². The topological polar surface area (TPSA) is 20.2 Å². The van der Waals surface area contributed by atoms with Crippen LogP contribution in [0.1, 0.15) is 59.8 Å². The summed E-state index contributed by atoms with van der Waals surface area (Å²) >= 11 is 0. The highest BCUT2D eigenvalue weighted by molar-refractivity contribution is 4.92. The Labute approximate surface area is 89.2 Å². The van der Waals surface area contributed by atoms with E-state index in [4.69, 9.17) is 0 Å². The van der Waals surface area contributed by atoms with Gasteiger partial charge in [0.25, 0.3) is 0 Å². The second-order valence-corrected chi connectivity index (χ2v) is 4.77. The van der Waals surface area contributed by atoms with Gasteiger partial charge in [-0.25, -0.2) is 0 Å². The third-order valence-electron chi connectivity index (χ3n) is 3.30. The van der Waals surface area contributed by atoms with Gasteiger partial charge in [-0.2, -0.15) is 0 Å². The van der Waals surface area contributed by atoms with Crippen LogP contribution >= 0.6 is 0 Å². The van der Waals surface area contributed by atoms with Crippen LogP contribution < -0.4 is 0 Å². The predicted molar refractivity (Wildman–Crippen MR) is 63.4 cm³/mol. The molecule has 0 bridgehead atoms. The summed E-state index contributed by atoms with van der Waals surface area (Å²) in [7, 11) is 0. The van der Waals surface area contributed by atoms with E-state index in [-0.39, 0.29) is 11.5 Å². The summed E-state index contributed by atoms with van der Waals surface area (Å²) in [6, 6.07) is 0. The molecule has 0 radical (unpaired) electrons. The van der Waals surface area contributed by atoms with Gasteiger partial charge in [0.05, 0.1) is 6.10 Å². The number of hydrogen-bond donors (Lipinski definition) is 1. The van der Waals surface area contributed by atoms with Crippen molar-refractivity contribution < 1.29 is 5.11 Å². The lowest BCUT2D eigenvalue weighted by Gasteiger charge is -2.33. The summed E-state index contributed by atoms with van der Waals surface area (Å²) in [6.07, 6.45) is 4.95. The van der Waals surface area contributed by atoms with Gasteiger partial charge in [0.1, 0.15) is 0 Å². The van der Waals surface area contributed by atoms with Gasteiger partial charge in [0, 0.05) is 0 Å². The first-order valence-corrected chi connectivity index (χ1v) is 5.78. The van der Waals surface area contributed by atoms with Crippen molar-refractivity contribution in [3.05, 3.63) is 12.2 Å². The maximum absolute atomic E-state index is 10.1. The lowest BCUT2D eigenvalue weighted by molar-refractivity contribution is 0.0210. The fourth-order valence-electron chi connectivity index (χ4n) is 1.70. The fraction of sp³-hybridized carbons (Fsp3) is 0.846. The molecule has 84 valence electrons. The van der Waals surface area contributed by atoms with E-state index in [0.29, 0.717) is 0 Å². The first kappa shape index (κ1) is 13.7. The molecule has 0 aliphatic heterocycles. The molecule has 1 heteroatoms. The van der Waals surface area contributed by atoms with Gasteiger partial charge in [-0.3, -0.25) is 0 Å². The molecule has 0 fully saturated rings. The summed E-state index contributed by atoms with van der Waals surface area (Å²) in [5, 5.41) is 10.1. The molecular formula is C13H26O. The van der Waals surface area contributed by atoms with E-state index >= 15 is 0 Å². The molecule has 0 aliphatic rings. The molecule has 2 atom stereocenters. The van der Waals surface area contributed by atoms with Crippen LogP contribution in [0.15, 0.2) is 12.2 Å². The molecular weight excluding hydrogens is 172 g/mol. The lowest BCUT2D eigenvalue weighted by atomic mass is 9.75. The Kier molecular flexibility index (Phi) is 6.10. The molecule has 0 amide bonds. The second kappa shape index (κ2) is 6.23. The van der Waals surface area contributed by atoms with E-state index in [1.54, 1.807) is 0 Å². The summed E-state index contributed by atoms with van der Waals surface area (Å²) in [4.78, 5) is 0. The van der Waals surface area contributed by atoms with E-state index in [0.717, 1.165) is 32.1 Å². The Hall–Kier alpha value is -0.300. The first-order chi connectivity index (χ1) is 6.46. The molecule has 0 saturated heterocycles. The third-order valence-corrected chi connectivity index (χ3v) is 3.30. The Morgan fingerprint density at radius 1 is 1.43 bits per heavy atom. The zero-order valence-corrected chi connectivity index (χ0v) is 10.3. The van der Waals surface area contributed by atoms with Crippen molar-refractivity contribution in [1.29, 1.82) is 0 Å². The van der Waals surface area contributed by atoms with Crippen molar-refractivity contribution in [2.24, 2.45) is 5.41 Å². The van der Waals surface area contributed by atoms with Gasteiger partial charge >= 0.3 is 0 Å². The number of allylic oxidation sites excluding steroid dienone is 1. The normalized spacial score (nSPS) is 17.5. The van der Waals surface area contributed by atoms with E-state index in [9.17, 15) is 5.11 Å². The molecule has 0 aromatic carbocycles. The van der Waals surface area contributed by atoms with Crippen LogP contribution in [0, 0.1) is 5.41 Å². The Bertz CT molecular complexity index is 174. The molecule has 0 aromatic rings. The standard InChI is InChI=1S/C13H26O/c1-6-8-12(14)13(5,7-2)10-9-11(3)4/h12,14H,3,6-10H2,1-2,4-5H3. The molecule has 0 aliphatic carbocycles. The van der Waals surface area contributed by atoms with Crippen LogP contribution in [0.5, 0.6) is 0 Å². The summed E-state index contributed by atoms with van der Waals surface area (Å²) in [6.45, 7) is 12.5. The molecule has 0 saturated carbocycles. The van der Waals surface area contributed by atoms with Crippen LogP contribution in [0.3, 0.4) is 0 Å². The first-order valence-electron chi connectivity index (χ1n) is 5.78. The van der Waals surface area contributed by atoms with E-state index < -0.39 is 0 Å². The van der Waals surface area contributed by atoms with Gasteiger partial charge < -0.3 is 5.11 Å². The molecule has 1 N–H and O–H groups in total. The van der Waals surface area contributed by atoms with Gasteiger partial charge in [0.2, 0.25) is 0 Å². The lowest BCUT2D eigenvalue weighted by Crippen LogP contribution is -2.31. The molecule has 2 unspecified atom stereocenters. The SMILES string of the molecule is C=C(C)CCC(C)(CC)C(O)CCC. The number of rotatable bonds is 7. The maximum atomic E-state index is 10.1. The second-order valence-electron chi connectivity index (χ2n) is 4.77. The maximum Gasteiger partial charge on any atom is 0.0593 e. The van der Waals surface area contributed by atoms with Crippen molar-refractivity contribution in [2.75, 3.05) is 0 Å². The molecule has 1 nitrogen and oxygen atoms in total. The number of aliphatic hydroxyl groups is 1. The monoisotopic (exact) mass is 198 g/mol. The average Bonchev–Trinajstić information content (AvgIpc) is 2.14. The highest BCUT2D eigenvalue weighted by Crippen LogP contribution is 2.34. The summed E-state index contributed by atoms with van der Waals surface area (Å²) in [5.41, 5.74) is 1.29.